The fourth-order valence-corrected chi connectivity index (χ4v) is 3.54. The van der Waals surface area contributed by atoms with E-state index in [4.69, 9.17) is 44.3 Å². The molecule has 0 saturated carbocycles. The number of hydrogen-bond acceptors (Lipinski definition) is 7. The number of halogens is 3. The maximum atomic E-state index is 12.4. The number of carbonyl (C=O) groups is 3. The average Bonchev–Trinajstić information content (AvgIpc) is 2.90. The Morgan fingerprint density at radius 3 is 2.07 bits per heavy atom. The second-order valence-corrected chi connectivity index (χ2v) is 9.37. The molecule has 0 fully saturated rings. The number of amides is 1. The zero-order valence-electron chi connectivity index (χ0n) is 16.2. The first-order chi connectivity index (χ1) is 12.9. The number of alkyl halides is 3. The Morgan fingerprint density at radius 1 is 1.07 bits per heavy atom. The molecule has 2 N–H and O–H groups in total. The summed E-state index contributed by atoms with van der Waals surface area (Å²) in [7, 11) is 0. The molecular weight excluding hydrogens is 451 g/mol. The highest BCUT2D eigenvalue weighted by Gasteiger charge is 2.37. The molecule has 0 spiro atoms. The van der Waals surface area contributed by atoms with E-state index in [1.54, 1.807) is 34.6 Å². The minimum atomic E-state index is -1.93. The number of nitrogens with one attached hydrogen (secondary N) is 2. The zero-order chi connectivity index (χ0) is 21.6. The molecule has 1 rings (SSSR count). The highest BCUT2D eigenvalue weighted by molar-refractivity contribution is 7.18. The Labute approximate surface area is 183 Å². The van der Waals surface area contributed by atoms with Gasteiger partial charge < -0.3 is 20.1 Å². The lowest BCUT2D eigenvalue weighted by atomic mass is 10.1. The SMILES string of the molecule is CCOC(=O)c1sc(N[C@@H](NC(=O)C(C)C)C(Cl)(Cl)Cl)c(C(=O)OCC)c1C. The second-order valence-electron chi connectivity index (χ2n) is 5.98. The molecule has 158 valence electrons. The number of anilines is 1. The van der Waals surface area contributed by atoms with Crippen LogP contribution in [-0.2, 0) is 14.3 Å². The fourth-order valence-electron chi connectivity index (χ4n) is 2.10. The van der Waals surface area contributed by atoms with Crippen LogP contribution in [0, 0.1) is 12.8 Å². The predicted molar refractivity (Wildman–Crippen MR) is 112 cm³/mol. The van der Waals surface area contributed by atoms with Crippen LogP contribution >= 0.6 is 46.1 Å². The van der Waals surface area contributed by atoms with Gasteiger partial charge in [-0.2, -0.15) is 0 Å². The van der Waals surface area contributed by atoms with Gasteiger partial charge in [0.1, 0.15) is 16.0 Å². The smallest absolute Gasteiger partial charge is 0.348 e. The zero-order valence-corrected chi connectivity index (χ0v) is 19.2. The van der Waals surface area contributed by atoms with Crippen molar-refractivity contribution in [3.63, 3.8) is 0 Å². The van der Waals surface area contributed by atoms with Gasteiger partial charge >= 0.3 is 11.9 Å². The number of thiophene rings is 1. The molecule has 0 aliphatic rings. The summed E-state index contributed by atoms with van der Waals surface area (Å²) in [5, 5.41) is 5.65. The van der Waals surface area contributed by atoms with Crippen LogP contribution in [0.1, 0.15) is 53.3 Å². The molecule has 11 heteroatoms. The first-order valence-corrected chi connectivity index (χ1v) is 10.5. The van der Waals surface area contributed by atoms with E-state index in [0.717, 1.165) is 11.3 Å². The van der Waals surface area contributed by atoms with Crippen LogP contribution in [-0.4, -0.2) is 41.0 Å². The van der Waals surface area contributed by atoms with Crippen LogP contribution in [0.4, 0.5) is 5.00 Å². The minimum Gasteiger partial charge on any atom is -0.462 e. The minimum absolute atomic E-state index is 0.118. The van der Waals surface area contributed by atoms with Crippen molar-refractivity contribution >= 4 is 69.0 Å². The van der Waals surface area contributed by atoms with Crippen LogP contribution in [0.5, 0.6) is 0 Å². The van der Waals surface area contributed by atoms with Crippen LogP contribution in [0.2, 0.25) is 0 Å². The lowest BCUT2D eigenvalue weighted by Gasteiger charge is -2.28. The molecule has 1 aromatic heterocycles. The number of carbonyl (C=O) groups excluding carboxylic acids is 3. The van der Waals surface area contributed by atoms with Gasteiger partial charge in [0.2, 0.25) is 9.70 Å². The van der Waals surface area contributed by atoms with Crippen LogP contribution in [0.15, 0.2) is 0 Å². The Bertz CT molecular complexity index is 731. The molecule has 1 atom stereocenters. The van der Waals surface area contributed by atoms with E-state index in [0.29, 0.717) is 5.56 Å². The third-order valence-corrected chi connectivity index (χ3v) is 5.36. The van der Waals surface area contributed by atoms with Crippen LogP contribution < -0.4 is 10.6 Å². The van der Waals surface area contributed by atoms with Crippen molar-refractivity contribution in [3.8, 4) is 0 Å². The summed E-state index contributed by atoms with van der Waals surface area (Å²) in [6.45, 7) is 8.61. The summed E-state index contributed by atoms with van der Waals surface area (Å²) in [5.41, 5.74) is 0.496. The van der Waals surface area contributed by atoms with Gasteiger partial charge in [0.15, 0.2) is 0 Å². The first-order valence-electron chi connectivity index (χ1n) is 8.55. The number of esters is 2. The highest BCUT2D eigenvalue weighted by atomic mass is 35.6. The molecule has 0 saturated heterocycles. The van der Waals surface area contributed by atoms with Crippen molar-refractivity contribution in [2.24, 2.45) is 5.92 Å². The molecule has 28 heavy (non-hydrogen) atoms. The highest BCUT2D eigenvalue weighted by Crippen LogP contribution is 2.38. The monoisotopic (exact) mass is 472 g/mol. The maximum absolute atomic E-state index is 12.4. The Kier molecular flexibility index (Phi) is 9.33. The molecule has 0 aliphatic carbocycles. The maximum Gasteiger partial charge on any atom is 0.348 e. The van der Waals surface area contributed by atoms with Gasteiger partial charge in [0, 0.05) is 5.92 Å². The van der Waals surface area contributed by atoms with E-state index < -0.39 is 21.9 Å². The van der Waals surface area contributed by atoms with E-state index in [1.165, 1.54) is 0 Å². The van der Waals surface area contributed by atoms with Crippen molar-refractivity contribution in [2.45, 2.75) is 44.6 Å². The molecule has 0 bridgehead atoms. The van der Waals surface area contributed by atoms with Crippen LogP contribution in [0.25, 0.3) is 0 Å². The number of rotatable bonds is 8. The van der Waals surface area contributed by atoms with Crippen molar-refractivity contribution in [3.05, 3.63) is 16.0 Å². The standard InChI is InChI=1S/C17H23Cl3N2O5S/c1-6-26-14(24)10-9(5)11(15(25)27-7-2)28-13(10)22-16(17(18,19)20)21-12(23)8(3)4/h8,16,22H,6-7H2,1-5H3,(H,21,23)/t16-/m1/s1. The number of ether oxygens (including phenoxy) is 2. The summed E-state index contributed by atoms with van der Waals surface area (Å²) in [5.74, 6) is -1.95. The third-order valence-electron chi connectivity index (χ3n) is 3.50. The molecule has 1 heterocycles. The largest absolute Gasteiger partial charge is 0.462 e. The molecule has 0 radical (unpaired) electrons. The Hall–Kier alpha value is -1.22. The van der Waals surface area contributed by atoms with Crippen molar-refractivity contribution in [1.82, 2.24) is 5.32 Å². The van der Waals surface area contributed by atoms with E-state index in [1.807, 2.05) is 0 Å². The van der Waals surface area contributed by atoms with Gasteiger partial charge in [-0.15, -0.1) is 11.3 Å². The van der Waals surface area contributed by atoms with E-state index >= 15 is 0 Å². The second kappa shape index (κ2) is 10.5. The van der Waals surface area contributed by atoms with Gasteiger partial charge in [-0.3, -0.25) is 4.79 Å². The molecule has 1 aromatic rings. The average molecular weight is 474 g/mol. The van der Waals surface area contributed by atoms with Crippen molar-refractivity contribution < 1.29 is 23.9 Å². The van der Waals surface area contributed by atoms with E-state index in [2.05, 4.69) is 10.6 Å². The Morgan fingerprint density at radius 2 is 1.61 bits per heavy atom. The summed E-state index contributed by atoms with van der Waals surface area (Å²) in [4.78, 5) is 37.0. The lowest BCUT2D eigenvalue weighted by molar-refractivity contribution is -0.124. The molecule has 7 nitrogen and oxygen atoms in total. The van der Waals surface area contributed by atoms with E-state index in [-0.39, 0.29) is 40.5 Å². The lowest BCUT2D eigenvalue weighted by Crippen LogP contribution is -2.50. The van der Waals surface area contributed by atoms with Gasteiger partial charge in [-0.1, -0.05) is 48.7 Å². The first kappa shape index (κ1) is 24.8. The van der Waals surface area contributed by atoms with E-state index in [9.17, 15) is 14.4 Å². The molecule has 0 unspecified atom stereocenters. The number of hydrogen-bond donors (Lipinski definition) is 2. The molecule has 0 aromatic carbocycles. The Balaban J connectivity index is 3.38. The van der Waals surface area contributed by atoms with Gasteiger partial charge in [0.25, 0.3) is 0 Å². The summed E-state index contributed by atoms with van der Waals surface area (Å²) in [6, 6.07) is 0. The third kappa shape index (κ3) is 6.40. The summed E-state index contributed by atoms with van der Waals surface area (Å²) >= 11 is 19.0. The summed E-state index contributed by atoms with van der Waals surface area (Å²) in [6.07, 6.45) is -1.16. The van der Waals surface area contributed by atoms with Crippen molar-refractivity contribution in [1.29, 1.82) is 0 Å². The predicted octanol–water partition coefficient (Wildman–Crippen LogP) is 4.29. The van der Waals surface area contributed by atoms with Gasteiger partial charge in [-0.05, 0) is 26.3 Å². The molecule has 0 aliphatic heterocycles. The van der Waals surface area contributed by atoms with Gasteiger partial charge in [-0.25, -0.2) is 9.59 Å². The molecule has 1 amide bonds. The summed E-state index contributed by atoms with van der Waals surface area (Å²) < 4.78 is 8.17. The fraction of sp³-hybridized carbons (Fsp3) is 0.588. The topological polar surface area (TPSA) is 93.7 Å². The normalized spacial score (nSPS) is 12.5. The quantitative estimate of drug-likeness (QED) is 0.332. The molecular formula is C17H23Cl3N2O5S. The van der Waals surface area contributed by atoms with Gasteiger partial charge in [0.05, 0.1) is 18.8 Å². The van der Waals surface area contributed by atoms with Crippen molar-refractivity contribution in [2.75, 3.05) is 18.5 Å². The van der Waals surface area contributed by atoms with Crippen LogP contribution in [0.3, 0.4) is 0 Å².